The van der Waals surface area contributed by atoms with Gasteiger partial charge in [-0.25, -0.2) is 0 Å². The summed E-state index contributed by atoms with van der Waals surface area (Å²) in [5, 5.41) is 0. The Kier molecular flexibility index (Phi) is 5.87. The predicted octanol–water partition coefficient (Wildman–Crippen LogP) is 0.0428. The lowest BCUT2D eigenvalue weighted by atomic mass is 10.3. The maximum Gasteiger partial charge on any atom is 0.322 e. The lowest BCUT2D eigenvalue weighted by Gasteiger charge is -2.20. The predicted molar refractivity (Wildman–Crippen MR) is 50.7 cm³/mol. The zero-order valence-corrected chi connectivity index (χ0v) is 9.07. The first-order chi connectivity index (χ1) is 6.52. The van der Waals surface area contributed by atoms with Gasteiger partial charge in [0.1, 0.15) is 6.04 Å². The van der Waals surface area contributed by atoms with Gasteiger partial charge in [-0.3, -0.25) is 14.5 Å². The number of carbonyl (C=O) groups excluding carboxylic acids is 2. The monoisotopic (exact) mass is 203 g/mol. The number of hydrogen-bond donors (Lipinski definition) is 0. The van der Waals surface area contributed by atoms with E-state index in [0.29, 0.717) is 6.61 Å². The van der Waals surface area contributed by atoms with E-state index >= 15 is 0 Å². The summed E-state index contributed by atoms with van der Waals surface area (Å²) in [4.78, 5) is 23.7. The Morgan fingerprint density at radius 2 is 2.00 bits per heavy atom. The van der Waals surface area contributed by atoms with Gasteiger partial charge in [0, 0.05) is 0 Å². The largest absolute Gasteiger partial charge is 0.468 e. The number of hydrogen-bond acceptors (Lipinski definition) is 5. The molecular weight excluding hydrogens is 186 g/mol. The summed E-state index contributed by atoms with van der Waals surface area (Å²) < 4.78 is 9.29. The summed E-state index contributed by atoms with van der Waals surface area (Å²) in [5.74, 6) is -0.706. The molecule has 0 fully saturated rings. The second-order valence-electron chi connectivity index (χ2n) is 2.92. The van der Waals surface area contributed by atoms with E-state index < -0.39 is 6.04 Å². The molecule has 0 radical (unpaired) electrons. The van der Waals surface area contributed by atoms with Crippen LogP contribution in [0.2, 0.25) is 0 Å². The first-order valence-corrected chi connectivity index (χ1v) is 4.46. The van der Waals surface area contributed by atoms with Crippen LogP contribution in [0.15, 0.2) is 0 Å². The van der Waals surface area contributed by atoms with E-state index in [-0.39, 0.29) is 18.5 Å². The molecule has 0 aliphatic heterocycles. The van der Waals surface area contributed by atoms with Crippen molar-refractivity contribution in [1.29, 1.82) is 0 Å². The van der Waals surface area contributed by atoms with Crippen LogP contribution in [0.25, 0.3) is 0 Å². The Morgan fingerprint density at radius 1 is 1.43 bits per heavy atom. The molecular formula is C9H17NO4. The molecule has 0 aliphatic rings. The van der Waals surface area contributed by atoms with Crippen molar-refractivity contribution in [2.45, 2.75) is 19.9 Å². The fraction of sp³-hybridized carbons (Fsp3) is 0.778. The molecule has 0 heterocycles. The molecule has 0 amide bonds. The van der Waals surface area contributed by atoms with E-state index in [4.69, 9.17) is 4.74 Å². The molecule has 0 bridgehead atoms. The number of methoxy groups -OCH3 is 1. The number of carbonyl (C=O) groups is 2. The van der Waals surface area contributed by atoms with Gasteiger partial charge in [0.05, 0.1) is 20.3 Å². The molecule has 0 aromatic heterocycles. The third kappa shape index (κ3) is 4.23. The highest BCUT2D eigenvalue weighted by atomic mass is 16.5. The van der Waals surface area contributed by atoms with Gasteiger partial charge < -0.3 is 9.47 Å². The lowest BCUT2D eigenvalue weighted by molar-refractivity contribution is -0.149. The minimum absolute atomic E-state index is 0.0874. The fourth-order valence-electron chi connectivity index (χ4n) is 0.898. The summed E-state index contributed by atoms with van der Waals surface area (Å²) in [6, 6.07) is -0.440. The molecule has 0 saturated carbocycles. The van der Waals surface area contributed by atoms with Crippen molar-refractivity contribution in [1.82, 2.24) is 4.90 Å². The van der Waals surface area contributed by atoms with Crippen molar-refractivity contribution >= 4 is 11.9 Å². The summed E-state index contributed by atoms with van der Waals surface area (Å²) in [6.07, 6.45) is 0. The molecule has 5 heteroatoms. The maximum atomic E-state index is 11.1. The Labute approximate surface area is 84.0 Å². The van der Waals surface area contributed by atoms with Crippen molar-refractivity contribution in [3.63, 3.8) is 0 Å². The van der Waals surface area contributed by atoms with Crippen LogP contribution in [0.3, 0.4) is 0 Å². The van der Waals surface area contributed by atoms with Gasteiger partial charge >= 0.3 is 11.9 Å². The maximum absolute atomic E-state index is 11.1. The minimum atomic E-state index is -0.440. The first-order valence-electron chi connectivity index (χ1n) is 4.46. The highest BCUT2D eigenvalue weighted by Gasteiger charge is 2.20. The van der Waals surface area contributed by atoms with E-state index in [1.807, 2.05) is 0 Å². The van der Waals surface area contributed by atoms with E-state index in [1.165, 1.54) is 7.11 Å². The van der Waals surface area contributed by atoms with Crippen molar-refractivity contribution < 1.29 is 19.1 Å². The third-order valence-electron chi connectivity index (χ3n) is 1.89. The fourth-order valence-corrected chi connectivity index (χ4v) is 0.898. The van der Waals surface area contributed by atoms with Crippen LogP contribution in [0.5, 0.6) is 0 Å². The van der Waals surface area contributed by atoms with E-state index in [1.54, 1.807) is 25.8 Å². The molecule has 0 aromatic rings. The number of esters is 2. The van der Waals surface area contributed by atoms with E-state index in [0.717, 1.165) is 0 Å². The van der Waals surface area contributed by atoms with Crippen molar-refractivity contribution in [3.8, 4) is 0 Å². The topological polar surface area (TPSA) is 55.8 Å². The van der Waals surface area contributed by atoms with Crippen LogP contribution in [-0.4, -0.2) is 50.2 Å². The number of rotatable bonds is 5. The normalized spacial score (nSPS) is 12.4. The summed E-state index contributed by atoms with van der Waals surface area (Å²) in [5.41, 5.74) is 0. The number of likely N-dealkylation sites (N-methyl/N-ethyl adjacent to an activating group) is 1. The Hall–Kier alpha value is -1.10. The van der Waals surface area contributed by atoms with Crippen molar-refractivity contribution in [3.05, 3.63) is 0 Å². The summed E-state index contributed by atoms with van der Waals surface area (Å²) in [6.45, 7) is 3.84. The molecule has 0 spiro atoms. The molecule has 1 unspecified atom stereocenters. The third-order valence-corrected chi connectivity index (χ3v) is 1.89. The van der Waals surface area contributed by atoms with Crippen LogP contribution in [0.4, 0.5) is 0 Å². The molecule has 1 atom stereocenters. The average Bonchev–Trinajstić information content (AvgIpc) is 2.15. The summed E-state index contributed by atoms with van der Waals surface area (Å²) in [7, 11) is 2.98. The molecule has 0 N–H and O–H groups in total. The Bertz CT molecular complexity index is 205. The van der Waals surface area contributed by atoms with Gasteiger partial charge in [-0.05, 0) is 20.9 Å². The molecule has 82 valence electrons. The van der Waals surface area contributed by atoms with Gasteiger partial charge in [-0.15, -0.1) is 0 Å². The Morgan fingerprint density at radius 3 is 2.43 bits per heavy atom. The number of ether oxygens (including phenoxy) is 2. The smallest absolute Gasteiger partial charge is 0.322 e. The standard InChI is InChI=1S/C9H17NO4/c1-5-14-8(11)6-10(3)7(2)9(12)13-4/h7H,5-6H2,1-4H3. The van der Waals surface area contributed by atoms with Gasteiger partial charge in [-0.1, -0.05) is 0 Å². The van der Waals surface area contributed by atoms with Gasteiger partial charge in [0.25, 0.3) is 0 Å². The van der Waals surface area contributed by atoms with E-state index in [9.17, 15) is 9.59 Å². The second-order valence-corrected chi connectivity index (χ2v) is 2.92. The molecule has 0 rings (SSSR count). The van der Waals surface area contributed by atoms with Gasteiger partial charge in [-0.2, -0.15) is 0 Å². The number of nitrogens with zero attached hydrogens (tertiary/aromatic N) is 1. The van der Waals surface area contributed by atoms with Gasteiger partial charge in [0.2, 0.25) is 0 Å². The van der Waals surface area contributed by atoms with Crippen molar-refractivity contribution in [2.75, 3.05) is 27.3 Å². The van der Waals surface area contributed by atoms with Crippen LogP contribution >= 0.6 is 0 Å². The molecule has 14 heavy (non-hydrogen) atoms. The zero-order chi connectivity index (χ0) is 11.1. The Balaban J connectivity index is 4.00. The van der Waals surface area contributed by atoms with Crippen LogP contribution in [0.1, 0.15) is 13.8 Å². The average molecular weight is 203 g/mol. The highest BCUT2D eigenvalue weighted by Crippen LogP contribution is 1.98. The first kappa shape index (κ1) is 12.9. The molecule has 0 saturated heterocycles. The molecule has 5 nitrogen and oxygen atoms in total. The van der Waals surface area contributed by atoms with E-state index in [2.05, 4.69) is 4.74 Å². The second kappa shape index (κ2) is 6.37. The van der Waals surface area contributed by atoms with Gasteiger partial charge in [0.15, 0.2) is 0 Å². The quantitative estimate of drug-likeness (QED) is 0.591. The summed E-state index contributed by atoms with van der Waals surface area (Å²) >= 11 is 0. The molecule has 0 aromatic carbocycles. The highest BCUT2D eigenvalue weighted by molar-refractivity contribution is 5.77. The lowest BCUT2D eigenvalue weighted by Crippen LogP contribution is -2.40. The van der Waals surface area contributed by atoms with Crippen molar-refractivity contribution in [2.24, 2.45) is 0 Å². The van der Waals surface area contributed by atoms with Crippen LogP contribution < -0.4 is 0 Å². The SMILES string of the molecule is CCOC(=O)CN(C)C(C)C(=O)OC. The zero-order valence-electron chi connectivity index (χ0n) is 9.07. The molecule has 0 aliphatic carbocycles. The van der Waals surface area contributed by atoms with Crippen LogP contribution in [-0.2, 0) is 19.1 Å². The van der Waals surface area contributed by atoms with Crippen LogP contribution in [0, 0.1) is 0 Å². The minimum Gasteiger partial charge on any atom is -0.468 e.